The minimum atomic E-state index is -0.0745. The molecule has 0 amide bonds. The highest BCUT2D eigenvalue weighted by molar-refractivity contribution is 4.96. The topological polar surface area (TPSA) is 35.5 Å². The van der Waals surface area contributed by atoms with Gasteiger partial charge in [0.1, 0.15) is 0 Å². The first-order valence-electron chi connectivity index (χ1n) is 8.03. The Bertz CT molecular complexity index is 265. The monoisotopic (exact) mass is 252 g/mol. The van der Waals surface area contributed by atoms with Crippen LogP contribution in [-0.4, -0.2) is 47.3 Å². The van der Waals surface area contributed by atoms with E-state index in [2.05, 4.69) is 10.2 Å². The lowest BCUT2D eigenvalue weighted by Crippen LogP contribution is -2.51. The first-order valence-corrected chi connectivity index (χ1v) is 8.03. The molecular formula is C15H28N2O. The van der Waals surface area contributed by atoms with Gasteiger partial charge in [-0.3, -0.25) is 4.90 Å². The highest BCUT2D eigenvalue weighted by atomic mass is 16.3. The van der Waals surface area contributed by atoms with E-state index in [9.17, 15) is 5.11 Å². The van der Waals surface area contributed by atoms with E-state index in [1.807, 2.05) is 0 Å². The number of rotatable bonds is 2. The molecule has 3 fully saturated rings. The van der Waals surface area contributed by atoms with Gasteiger partial charge in [-0.25, -0.2) is 0 Å². The van der Waals surface area contributed by atoms with Crippen LogP contribution in [0.25, 0.3) is 0 Å². The Hall–Kier alpha value is -0.120. The second kappa shape index (κ2) is 5.89. The van der Waals surface area contributed by atoms with Crippen LogP contribution in [0.5, 0.6) is 0 Å². The molecule has 3 rings (SSSR count). The van der Waals surface area contributed by atoms with Gasteiger partial charge in [-0.2, -0.15) is 0 Å². The third-order valence-electron chi connectivity index (χ3n) is 5.27. The van der Waals surface area contributed by atoms with Crippen molar-refractivity contribution in [3.8, 4) is 0 Å². The average molecular weight is 252 g/mol. The lowest BCUT2D eigenvalue weighted by molar-refractivity contribution is 0.0300. The Kier molecular flexibility index (Phi) is 4.22. The van der Waals surface area contributed by atoms with Crippen LogP contribution in [0.15, 0.2) is 0 Å². The van der Waals surface area contributed by atoms with Gasteiger partial charge in [0.25, 0.3) is 0 Å². The molecule has 4 atom stereocenters. The van der Waals surface area contributed by atoms with Crippen LogP contribution < -0.4 is 5.32 Å². The van der Waals surface area contributed by atoms with Crippen molar-refractivity contribution in [2.75, 3.05) is 13.1 Å². The Morgan fingerprint density at radius 2 is 1.67 bits per heavy atom. The summed E-state index contributed by atoms with van der Waals surface area (Å²) >= 11 is 0. The van der Waals surface area contributed by atoms with Crippen molar-refractivity contribution in [1.29, 1.82) is 0 Å². The van der Waals surface area contributed by atoms with Crippen LogP contribution in [0.4, 0.5) is 0 Å². The van der Waals surface area contributed by atoms with Crippen LogP contribution in [0.1, 0.15) is 57.8 Å². The van der Waals surface area contributed by atoms with Gasteiger partial charge < -0.3 is 10.4 Å². The fourth-order valence-electron chi connectivity index (χ4n) is 4.35. The highest BCUT2D eigenvalue weighted by Gasteiger charge is 2.39. The van der Waals surface area contributed by atoms with Crippen molar-refractivity contribution < 1.29 is 5.11 Å². The van der Waals surface area contributed by atoms with Gasteiger partial charge in [-0.15, -0.1) is 0 Å². The standard InChI is InChI=1S/C15H28N2O/c18-15-9-3-1-2-7-14(15)17-11-5-8-13(17)12-6-4-10-16-12/h12-16,18H,1-11H2. The number of aliphatic hydroxyl groups excluding tert-OH is 1. The number of aliphatic hydroxyl groups is 1. The molecule has 2 aliphatic heterocycles. The summed E-state index contributed by atoms with van der Waals surface area (Å²) < 4.78 is 0. The smallest absolute Gasteiger partial charge is 0.0695 e. The summed E-state index contributed by atoms with van der Waals surface area (Å²) in [5.41, 5.74) is 0. The molecule has 2 saturated heterocycles. The van der Waals surface area contributed by atoms with Crippen molar-refractivity contribution in [3.63, 3.8) is 0 Å². The van der Waals surface area contributed by atoms with Gasteiger partial charge in [-0.05, 0) is 51.6 Å². The predicted molar refractivity (Wildman–Crippen MR) is 73.6 cm³/mol. The molecule has 0 aromatic carbocycles. The third kappa shape index (κ3) is 2.59. The van der Waals surface area contributed by atoms with Gasteiger partial charge >= 0.3 is 0 Å². The second-order valence-electron chi connectivity index (χ2n) is 6.42. The van der Waals surface area contributed by atoms with Gasteiger partial charge in [0.15, 0.2) is 0 Å². The molecule has 0 bridgehead atoms. The zero-order valence-corrected chi connectivity index (χ0v) is 11.5. The molecule has 2 N–H and O–H groups in total. The molecule has 0 aromatic heterocycles. The van der Waals surface area contributed by atoms with Crippen molar-refractivity contribution in [1.82, 2.24) is 10.2 Å². The fraction of sp³-hybridized carbons (Fsp3) is 1.00. The molecule has 4 unspecified atom stereocenters. The minimum absolute atomic E-state index is 0.0745. The molecule has 0 aromatic rings. The van der Waals surface area contributed by atoms with Crippen LogP contribution in [-0.2, 0) is 0 Å². The maximum Gasteiger partial charge on any atom is 0.0695 e. The van der Waals surface area contributed by atoms with Crippen molar-refractivity contribution in [2.45, 2.75) is 82.0 Å². The molecule has 3 heteroatoms. The third-order valence-corrected chi connectivity index (χ3v) is 5.27. The summed E-state index contributed by atoms with van der Waals surface area (Å²) in [5.74, 6) is 0. The van der Waals surface area contributed by atoms with E-state index in [1.165, 1.54) is 64.5 Å². The summed E-state index contributed by atoms with van der Waals surface area (Å²) in [4.78, 5) is 2.67. The van der Waals surface area contributed by atoms with E-state index in [4.69, 9.17) is 0 Å². The molecule has 18 heavy (non-hydrogen) atoms. The van der Waals surface area contributed by atoms with Crippen molar-refractivity contribution in [3.05, 3.63) is 0 Å². The van der Waals surface area contributed by atoms with Crippen LogP contribution >= 0.6 is 0 Å². The van der Waals surface area contributed by atoms with E-state index < -0.39 is 0 Å². The molecule has 1 saturated carbocycles. The molecule has 3 aliphatic rings. The van der Waals surface area contributed by atoms with E-state index in [0.717, 1.165) is 6.42 Å². The van der Waals surface area contributed by atoms with E-state index in [1.54, 1.807) is 0 Å². The van der Waals surface area contributed by atoms with Crippen molar-refractivity contribution >= 4 is 0 Å². The SMILES string of the molecule is OC1CCCCCC1N1CCCC1C1CCCN1. The fourth-order valence-corrected chi connectivity index (χ4v) is 4.35. The summed E-state index contributed by atoms with van der Waals surface area (Å²) in [6.45, 7) is 2.41. The molecule has 104 valence electrons. The van der Waals surface area contributed by atoms with E-state index >= 15 is 0 Å². The Morgan fingerprint density at radius 1 is 0.833 bits per heavy atom. The first kappa shape index (κ1) is 12.9. The number of likely N-dealkylation sites (tertiary alicyclic amines) is 1. The lowest BCUT2D eigenvalue weighted by Gasteiger charge is -2.38. The predicted octanol–water partition coefficient (Wildman–Crippen LogP) is 1.90. The molecule has 1 aliphatic carbocycles. The Labute approximate surface area is 111 Å². The van der Waals surface area contributed by atoms with Crippen molar-refractivity contribution in [2.24, 2.45) is 0 Å². The summed E-state index contributed by atoms with van der Waals surface area (Å²) in [5, 5.41) is 14.1. The number of nitrogens with zero attached hydrogens (tertiary/aromatic N) is 1. The summed E-state index contributed by atoms with van der Waals surface area (Å²) in [7, 11) is 0. The average Bonchev–Trinajstić information content (AvgIpc) is 3.00. The minimum Gasteiger partial charge on any atom is -0.391 e. The van der Waals surface area contributed by atoms with Crippen LogP contribution in [0.3, 0.4) is 0 Å². The normalized spacial score (nSPS) is 43.2. The maximum atomic E-state index is 10.4. The second-order valence-corrected chi connectivity index (χ2v) is 6.42. The van der Waals surface area contributed by atoms with Crippen LogP contribution in [0, 0.1) is 0 Å². The summed E-state index contributed by atoms with van der Waals surface area (Å²) in [6.07, 6.45) is 11.3. The quantitative estimate of drug-likeness (QED) is 0.737. The van der Waals surface area contributed by atoms with Gasteiger partial charge in [0.05, 0.1) is 6.10 Å². The number of hydrogen-bond acceptors (Lipinski definition) is 3. The van der Waals surface area contributed by atoms with Gasteiger partial charge in [0.2, 0.25) is 0 Å². The largest absolute Gasteiger partial charge is 0.391 e. The maximum absolute atomic E-state index is 10.4. The summed E-state index contributed by atoms with van der Waals surface area (Å²) in [6, 6.07) is 1.84. The lowest BCUT2D eigenvalue weighted by atomic mass is 9.99. The number of hydrogen-bond donors (Lipinski definition) is 2. The van der Waals surface area contributed by atoms with Crippen LogP contribution in [0.2, 0.25) is 0 Å². The zero-order chi connectivity index (χ0) is 12.4. The molecule has 0 spiro atoms. The molecular weight excluding hydrogens is 224 g/mol. The number of nitrogens with one attached hydrogen (secondary N) is 1. The Balaban J connectivity index is 1.68. The Morgan fingerprint density at radius 3 is 2.50 bits per heavy atom. The molecule has 2 heterocycles. The van der Waals surface area contributed by atoms with Gasteiger partial charge in [0, 0.05) is 18.1 Å². The molecule has 3 nitrogen and oxygen atoms in total. The van der Waals surface area contributed by atoms with E-state index in [0.29, 0.717) is 18.1 Å². The zero-order valence-electron chi connectivity index (χ0n) is 11.5. The van der Waals surface area contributed by atoms with E-state index in [-0.39, 0.29) is 6.10 Å². The van der Waals surface area contributed by atoms with Gasteiger partial charge in [-0.1, -0.05) is 19.3 Å². The highest BCUT2D eigenvalue weighted by Crippen LogP contribution is 2.32. The first-order chi connectivity index (χ1) is 8.86. The molecule has 0 radical (unpaired) electrons.